The van der Waals surface area contributed by atoms with E-state index < -0.39 is 0 Å². The minimum atomic E-state index is -0.215. The predicted molar refractivity (Wildman–Crippen MR) is 96.8 cm³/mol. The highest BCUT2D eigenvalue weighted by Gasteiger charge is 2.30. The van der Waals surface area contributed by atoms with Crippen LogP contribution in [0.15, 0.2) is 29.4 Å². The third-order valence-corrected chi connectivity index (χ3v) is 5.31. The first kappa shape index (κ1) is 18.2. The number of rotatable bonds is 8. The number of nitrogens with zero attached hydrogens (tertiary/aromatic N) is 3. The van der Waals surface area contributed by atoms with Gasteiger partial charge in [-0.3, -0.25) is 4.79 Å². The van der Waals surface area contributed by atoms with Crippen LogP contribution in [0.3, 0.4) is 0 Å². The summed E-state index contributed by atoms with van der Waals surface area (Å²) in [5.41, 5.74) is 0.939. The first-order chi connectivity index (χ1) is 12.2. The highest BCUT2D eigenvalue weighted by atomic mass is 35.5. The number of benzene rings is 1. The maximum Gasteiger partial charge on any atom is 0.319 e. The molecule has 0 amide bonds. The third-order valence-electron chi connectivity index (χ3n) is 3.83. The van der Waals surface area contributed by atoms with Gasteiger partial charge in [-0.1, -0.05) is 23.4 Å². The van der Waals surface area contributed by atoms with E-state index in [1.54, 1.807) is 0 Å². The fourth-order valence-corrected chi connectivity index (χ4v) is 3.72. The van der Waals surface area contributed by atoms with E-state index >= 15 is 0 Å². The van der Waals surface area contributed by atoms with Crippen LogP contribution in [0.1, 0.15) is 19.8 Å². The van der Waals surface area contributed by atoms with Crippen molar-refractivity contribution in [2.24, 2.45) is 0 Å². The molecule has 25 heavy (non-hydrogen) atoms. The Morgan fingerprint density at radius 1 is 1.36 bits per heavy atom. The summed E-state index contributed by atoms with van der Waals surface area (Å²) in [6.45, 7) is 4.53. The monoisotopic (exact) mass is 381 g/mol. The second-order valence-electron chi connectivity index (χ2n) is 5.58. The van der Waals surface area contributed by atoms with Crippen LogP contribution in [0.5, 0.6) is 0 Å². The molecule has 1 aromatic heterocycles. The van der Waals surface area contributed by atoms with Crippen LogP contribution < -0.4 is 0 Å². The Morgan fingerprint density at radius 3 is 2.84 bits per heavy atom. The van der Waals surface area contributed by atoms with Crippen LogP contribution in [-0.2, 0) is 20.8 Å². The fourth-order valence-electron chi connectivity index (χ4n) is 2.57. The number of ether oxygens (including phenoxy) is 2. The van der Waals surface area contributed by atoms with Crippen LogP contribution in [0.2, 0.25) is 5.02 Å². The number of carbonyl (C=O) groups is 1. The lowest BCUT2D eigenvalue weighted by atomic mass is 10.2. The lowest BCUT2D eigenvalue weighted by molar-refractivity contribution is -0.137. The summed E-state index contributed by atoms with van der Waals surface area (Å²) in [7, 11) is 0. The molecule has 1 fully saturated rings. The van der Waals surface area contributed by atoms with Gasteiger partial charge in [0, 0.05) is 36.8 Å². The number of cyclic esters (lactones) is 1. The maximum atomic E-state index is 11.8. The Labute approximate surface area is 155 Å². The molecule has 0 N–H and O–H groups in total. The molecule has 1 aliphatic heterocycles. The summed E-state index contributed by atoms with van der Waals surface area (Å²) < 4.78 is 12.5. The average molecular weight is 382 g/mol. The standard InChI is InChI=1S/C17H20ClN3O3S/c1-2-23-10-3-9-21-15(12-4-6-13(18)7-5-12)19-20-17(21)25-14-8-11-24-16(14)22/h4-7,14H,2-3,8-11H2,1H3/t14-/m0/s1. The largest absolute Gasteiger partial charge is 0.465 e. The van der Waals surface area contributed by atoms with Crippen LogP contribution in [0.25, 0.3) is 11.4 Å². The summed E-state index contributed by atoms with van der Waals surface area (Å²) in [6, 6.07) is 7.50. The molecule has 1 saturated heterocycles. The Kier molecular flexibility index (Phi) is 6.34. The minimum Gasteiger partial charge on any atom is -0.465 e. The summed E-state index contributed by atoms with van der Waals surface area (Å²) in [5, 5.41) is 9.83. The van der Waals surface area contributed by atoms with E-state index in [-0.39, 0.29) is 11.2 Å². The van der Waals surface area contributed by atoms with E-state index in [2.05, 4.69) is 10.2 Å². The Balaban J connectivity index is 1.83. The number of hydrogen-bond acceptors (Lipinski definition) is 6. The van der Waals surface area contributed by atoms with Crippen molar-refractivity contribution in [3.63, 3.8) is 0 Å². The highest BCUT2D eigenvalue weighted by molar-refractivity contribution is 8.00. The maximum absolute atomic E-state index is 11.8. The normalized spacial score (nSPS) is 17.0. The molecule has 134 valence electrons. The lowest BCUT2D eigenvalue weighted by Gasteiger charge is -2.11. The number of esters is 1. The van der Waals surface area contributed by atoms with E-state index in [9.17, 15) is 4.79 Å². The van der Waals surface area contributed by atoms with Gasteiger partial charge in [-0.15, -0.1) is 10.2 Å². The highest BCUT2D eigenvalue weighted by Crippen LogP contribution is 2.31. The van der Waals surface area contributed by atoms with Gasteiger partial charge in [0.1, 0.15) is 5.25 Å². The van der Waals surface area contributed by atoms with Crippen molar-refractivity contribution in [2.75, 3.05) is 19.8 Å². The molecular weight excluding hydrogens is 362 g/mol. The van der Waals surface area contributed by atoms with Gasteiger partial charge >= 0.3 is 5.97 Å². The number of aromatic nitrogens is 3. The third kappa shape index (κ3) is 4.54. The van der Waals surface area contributed by atoms with Gasteiger partial charge in [-0.05, 0) is 37.6 Å². The first-order valence-electron chi connectivity index (χ1n) is 8.29. The second kappa shape index (κ2) is 8.69. The molecule has 6 nitrogen and oxygen atoms in total. The smallest absolute Gasteiger partial charge is 0.319 e. The van der Waals surface area contributed by atoms with Gasteiger partial charge in [0.2, 0.25) is 0 Å². The number of hydrogen-bond donors (Lipinski definition) is 0. The molecule has 0 bridgehead atoms. The molecule has 2 aromatic rings. The quantitative estimate of drug-likeness (QED) is 0.515. The van der Waals surface area contributed by atoms with Crippen LogP contribution in [0.4, 0.5) is 0 Å². The van der Waals surface area contributed by atoms with Crippen molar-refractivity contribution in [2.45, 2.75) is 36.7 Å². The van der Waals surface area contributed by atoms with Gasteiger partial charge in [-0.2, -0.15) is 0 Å². The number of halogens is 1. The van der Waals surface area contributed by atoms with Crippen LogP contribution >= 0.6 is 23.4 Å². The molecule has 1 aromatic carbocycles. The molecule has 2 heterocycles. The molecule has 0 radical (unpaired) electrons. The average Bonchev–Trinajstić information content (AvgIpc) is 3.20. The van der Waals surface area contributed by atoms with Crippen molar-refractivity contribution in [3.05, 3.63) is 29.3 Å². The van der Waals surface area contributed by atoms with Gasteiger partial charge in [0.05, 0.1) is 6.61 Å². The van der Waals surface area contributed by atoms with Gasteiger partial charge in [-0.25, -0.2) is 0 Å². The van der Waals surface area contributed by atoms with E-state index in [0.29, 0.717) is 31.3 Å². The summed E-state index contributed by atoms with van der Waals surface area (Å²) >= 11 is 7.39. The minimum absolute atomic E-state index is 0.179. The van der Waals surface area contributed by atoms with Crippen molar-refractivity contribution < 1.29 is 14.3 Å². The fraction of sp³-hybridized carbons (Fsp3) is 0.471. The SMILES string of the molecule is CCOCCCn1c(S[C@H]2CCOC2=O)nnc1-c1ccc(Cl)cc1. The molecule has 0 aliphatic carbocycles. The molecule has 8 heteroatoms. The van der Waals surface area contributed by atoms with Crippen molar-refractivity contribution >= 4 is 29.3 Å². The van der Waals surface area contributed by atoms with Gasteiger partial charge in [0.15, 0.2) is 11.0 Å². The van der Waals surface area contributed by atoms with E-state index in [1.165, 1.54) is 11.8 Å². The van der Waals surface area contributed by atoms with Gasteiger partial charge in [0.25, 0.3) is 0 Å². The van der Waals surface area contributed by atoms with Crippen LogP contribution in [-0.4, -0.2) is 45.8 Å². The molecule has 3 rings (SSSR count). The summed E-state index contributed by atoms with van der Waals surface area (Å²) in [5.74, 6) is 0.587. The lowest BCUT2D eigenvalue weighted by Crippen LogP contribution is -2.12. The molecule has 1 aliphatic rings. The van der Waals surface area contributed by atoms with Crippen molar-refractivity contribution in [3.8, 4) is 11.4 Å². The Bertz CT molecular complexity index is 720. The Hall–Kier alpha value is -1.57. The van der Waals surface area contributed by atoms with E-state index in [1.807, 2.05) is 35.8 Å². The molecule has 0 unspecified atom stereocenters. The van der Waals surface area contributed by atoms with Crippen LogP contribution in [0, 0.1) is 0 Å². The zero-order valence-electron chi connectivity index (χ0n) is 14.0. The van der Waals surface area contributed by atoms with E-state index in [0.717, 1.165) is 29.5 Å². The topological polar surface area (TPSA) is 66.2 Å². The second-order valence-corrected chi connectivity index (χ2v) is 7.18. The Morgan fingerprint density at radius 2 is 2.16 bits per heavy atom. The molecule has 1 atom stereocenters. The number of carbonyl (C=O) groups excluding carboxylic acids is 1. The molecule has 0 saturated carbocycles. The van der Waals surface area contributed by atoms with Crippen molar-refractivity contribution in [1.29, 1.82) is 0 Å². The summed E-state index contributed by atoms with van der Waals surface area (Å²) in [4.78, 5) is 11.8. The van der Waals surface area contributed by atoms with E-state index in [4.69, 9.17) is 21.1 Å². The number of thioether (sulfide) groups is 1. The summed E-state index contributed by atoms with van der Waals surface area (Å²) in [6.07, 6.45) is 1.54. The van der Waals surface area contributed by atoms with Gasteiger partial charge < -0.3 is 14.0 Å². The predicted octanol–water partition coefficient (Wildman–Crippen LogP) is 3.43. The molecule has 0 spiro atoms. The van der Waals surface area contributed by atoms with Crippen molar-refractivity contribution in [1.82, 2.24) is 14.8 Å². The zero-order chi connectivity index (χ0) is 17.6. The first-order valence-corrected chi connectivity index (χ1v) is 9.55. The zero-order valence-corrected chi connectivity index (χ0v) is 15.6. The molecular formula is C17H20ClN3O3S.